The number of hydrazone groups is 1. The number of rotatable bonds is 10. The SMILES string of the molecule is CCOc1cc(/C=N\Nc2ccc([N+](=O)[O-])cc2[N+](=O)[O-])ccc1OCc1cccc(Cl)c1. The summed E-state index contributed by atoms with van der Waals surface area (Å²) in [6.45, 7) is 2.57. The van der Waals surface area contributed by atoms with Gasteiger partial charge in [-0.2, -0.15) is 5.10 Å². The van der Waals surface area contributed by atoms with Crippen LogP contribution in [0.3, 0.4) is 0 Å². The van der Waals surface area contributed by atoms with E-state index in [-0.39, 0.29) is 11.4 Å². The Morgan fingerprint density at radius 1 is 1.00 bits per heavy atom. The van der Waals surface area contributed by atoms with Gasteiger partial charge in [-0.05, 0) is 54.4 Å². The molecule has 3 aromatic rings. The fourth-order valence-corrected chi connectivity index (χ4v) is 3.05. The van der Waals surface area contributed by atoms with Gasteiger partial charge in [0.25, 0.3) is 5.69 Å². The van der Waals surface area contributed by atoms with Crippen LogP contribution in [0.25, 0.3) is 0 Å². The van der Waals surface area contributed by atoms with E-state index in [1.54, 1.807) is 24.3 Å². The zero-order valence-electron chi connectivity index (χ0n) is 17.4. The van der Waals surface area contributed by atoms with E-state index < -0.39 is 15.5 Å². The van der Waals surface area contributed by atoms with Gasteiger partial charge in [-0.15, -0.1) is 0 Å². The molecule has 0 amide bonds. The van der Waals surface area contributed by atoms with Gasteiger partial charge in [0, 0.05) is 11.1 Å². The molecule has 0 aliphatic rings. The second-order valence-corrected chi connectivity index (χ2v) is 7.08. The van der Waals surface area contributed by atoms with Crippen molar-refractivity contribution >= 4 is 34.9 Å². The lowest BCUT2D eigenvalue weighted by Crippen LogP contribution is -2.01. The minimum atomic E-state index is -0.718. The first-order chi connectivity index (χ1) is 15.9. The van der Waals surface area contributed by atoms with Crippen molar-refractivity contribution < 1.29 is 19.3 Å². The third-order valence-electron chi connectivity index (χ3n) is 4.34. The first kappa shape index (κ1) is 23.5. The largest absolute Gasteiger partial charge is 0.490 e. The van der Waals surface area contributed by atoms with Gasteiger partial charge in [-0.3, -0.25) is 25.7 Å². The third kappa shape index (κ3) is 6.40. The van der Waals surface area contributed by atoms with Crippen LogP contribution in [0.1, 0.15) is 18.1 Å². The van der Waals surface area contributed by atoms with Gasteiger partial charge >= 0.3 is 5.69 Å². The monoisotopic (exact) mass is 470 g/mol. The maximum Gasteiger partial charge on any atom is 0.301 e. The summed E-state index contributed by atoms with van der Waals surface area (Å²) in [4.78, 5) is 20.6. The molecule has 10 nitrogen and oxygen atoms in total. The Balaban J connectivity index is 1.74. The number of nitro benzene ring substituents is 2. The Morgan fingerprint density at radius 3 is 2.52 bits per heavy atom. The number of benzene rings is 3. The molecule has 0 heterocycles. The molecule has 0 saturated heterocycles. The summed E-state index contributed by atoms with van der Waals surface area (Å²) in [7, 11) is 0. The molecule has 33 heavy (non-hydrogen) atoms. The molecule has 0 unspecified atom stereocenters. The van der Waals surface area contributed by atoms with Gasteiger partial charge in [0.05, 0.1) is 28.7 Å². The first-order valence-electron chi connectivity index (χ1n) is 9.73. The molecule has 170 valence electrons. The van der Waals surface area contributed by atoms with E-state index in [0.29, 0.717) is 35.3 Å². The second kappa shape index (κ2) is 10.9. The molecule has 1 N–H and O–H groups in total. The van der Waals surface area contributed by atoms with Crippen molar-refractivity contribution in [2.75, 3.05) is 12.0 Å². The highest BCUT2D eigenvalue weighted by Gasteiger charge is 2.19. The standard InChI is InChI=1S/C22H19ClN4O6/c1-2-32-22-11-15(6-9-21(22)33-14-16-4-3-5-17(23)10-16)13-24-25-19-8-7-18(26(28)29)12-20(19)27(30)31/h3-13,25H,2,14H2,1H3/b24-13-. The predicted molar refractivity (Wildman–Crippen MR) is 124 cm³/mol. The molecule has 0 aromatic heterocycles. The summed E-state index contributed by atoms with van der Waals surface area (Å²) in [5.41, 5.74) is 3.28. The lowest BCUT2D eigenvalue weighted by Gasteiger charge is -2.13. The van der Waals surface area contributed by atoms with E-state index in [0.717, 1.165) is 17.7 Å². The van der Waals surface area contributed by atoms with Gasteiger partial charge in [-0.25, -0.2) is 0 Å². The molecule has 0 fully saturated rings. The van der Waals surface area contributed by atoms with Crippen LogP contribution in [0, 0.1) is 20.2 Å². The maximum atomic E-state index is 11.2. The Morgan fingerprint density at radius 2 is 1.82 bits per heavy atom. The Kier molecular flexibility index (Phi) is 7.77. The lowest BCUT2D eigenvalue weighted by molar-refractivity contribution is -0.393. The highest BCUT2D eigenvalue weighted by atomic mass is 35.5. The number of hydrogen-bond donors (Lipinski definition) is 1. The van der Waals surface area contributed by atoms with E-state index in [4.69, 9.17) is 21.1 Å². The van der Waals surface area contributed by atoms with Crippen molar-refractivity contribution in [3.63, 3.8) is 0 Å². The number of nitrogens with one attached hydrogen (secondary N) is 1. The molecule has 11 heteroatoms. The highest BCUT2D eigenvalue weighted by Crippen LogP contribution is 2.30. The van der Waals surface area contributed by atoms with Gasteiger partial charge in [0.1, 0.15) is 12.3 Å². The maximum absolute atomic E-state index is 11.2. The minimum Gasteiger partial charge on any atom is -0.490 e. The Hall–Kier alpha value is -4.18. The summed E-state index contributed by atoms with van der Waals surface area (Å²) >= 11 is 6.00. The van der Waals surface area contributed by atoms with Crippen LogP contribution in [0.2, 0.25) is 5.02 Å². The number of non-ortho nitro benzene ring substituents is 1. The van der Waals surface area contributed by atoms with E-state index in [1.807, 2.05) is 25.1 Å². The van der Waals surface area contributed by atoms with Gasteiger partial charge < -0.3 is 9.47 Å². The number of nitrogens with zero attached hydrogens (tertiary/aromatic N) is 3. The fourth-order valence-electron chi connectivity index (χ4n) is 2.84. The molecule has 0 radical (unpaired) electrons. The van der Waals surface area contributed by atoms with Crippen LogP contribution >= 0.6 is 11.6 Å². The smallest absolute Gasteiger partial charge is 0.301 e. The molecule has 0 atom stereocenters. The first-order valence-corrected chi connectivity index (χ1v) is 10.1. The molecule has 0 bridgehead atoms. The van der Waals surface area contributed by atoms with E-state index >= 15 is 0 Å². The van der Waals surface area contributed by atoms with Gasteiger partial charge in [0.15, 0.2) is 11.5 Å². The van der Waals surface area contributed by atoms with Crippen molar-refractivity contribution in [3.05, 3.63) is 97.0 Å². The molecule has 3 rings (SSSR count). The van der Waals surface area contributed by atoms with Crippen molar-refractivity contribution in [2.24, 2.45) is 5.10 Å². The normalized spacial score (nSPS) is 10.7. The van der Waals surface area contributed by atoms with E-state index in [2.05, 4.69) is 10.5 Å². The fraction of sp³-hybridized carbons (Fsp3) is 0.136. The minimum absolute atomic E-state index is 0.0216. The van der Waals surface area contributed by atoms with Gasteiger partial charge in [-0.1, -0.05) is 23.7 Å². The van der Waals surface area contributed by atoms with E-state index in [9.17, 15) is 20.2 Å². The summed E-state index contributed by atoms with van der Waals surface area (Å²) in [5.74, 6) is 1.04. The highest BCUT2D eigenvalue weighted by molar-refractivity contribution is 6.30. The average molecular weight is 471 g/mol. The van der Waals surface area contributed by atoms with E-state index in [1.165, 1.54) is 12.3 Å². The average Bonchev–Trinajstić information content (AvgIpc) is 2.78. The van der Waals surface area contributed by atoms with Gasteiger partial charge in [0.2, 0.25) is 0 Å². The van der Waals surface area contributed by atoms with Crippen LogP contribution in [0.4, 0.5) is 17.1 Å². The van der Waals surface area contributed by atoms with Crippen LogP contribution in [-0.4, -0.2) is 22.7 Å². The van der Waals surface area contributed by atoms with Crippen LogP contribution in [-0.2, 0) is 6.61 Å². The zero-order valence-corrected chi connectivity index (χ0v) is 18.2. The van der Waals surface area contributed by atoms with Crippen LogP contribution in [0.15, 0.2) is 65.8 Å². The number of nitro groups is 2. The quantitative estimate of drug-likeness (QED) is 0.232. The third-order valence-corrected chi connectivity index (χ3v) is 4.57. The number of halogens is 1. The molecule has 0 aliphatic heterocycles. The summed E-state index contributed by atoms with van der Waals surface area (Å²) < 4.78 is 11.5. The van der Waals surface area contributed by atoms with Crippen LogP contribution in [0.5, 0.6) is 11.5 Å². The number of hydrogen-bond acceptors (Lipinski definition) is 8. The summed E-state index contributed by atoms with van der Waals surface area (Å²) in [6, 6.07) is 15.8. The molecular weight excluding hydrogens is 452 g/mol. The van der Waals surface area contributed by atoms with Crippen molar-refractivity contribution in [2.45, 2.75) is 13.5 Å². The molecular formula is C22H19ClN4O6. The number of anilines is 1. The van der Waals surface area contributed by atoms with Crippen molar-refractivity contribution in [3.8, 4) is 11.5 Å². The Bertz CT molecular complexity index is 1200. The lowest BCUT2D eigenvalue weighted by atomic mass is 10.2. The Labute approximate surface area is 193 Å². The predicted octanol–water partition coefficient (Wildman–Crippen LogP) is 5.58. The van der Waals surface area contributed by atoms with Crippen LogP contribution < -0.4 is 14.9 Å². The number of ether oxygens (including phenoxy) is 2. The molecule has 3 aromatic carbocycles. The topological polar surface area (TPSA) is 129 Å². The molecule has 0 saturated carbocycles. The molecule has 0 spiro atoms. The summed E-state index contributed by atoms with van der Waals surface area (Å²) in [6.07, 6.45) is 1.44. The molecule has 0 aliphatic carbocycles. The second-order valence-electron chi connectivity index (χ2n) is 6.64. The summed E-state index contributed by atoms with van der Waals surface area (Å²) in [5, 5.41) is 26.7. The zero-order chi connectivity index (χ0) is 23.8. The van der Waals surface area contributed by atoms with Crippen molar-refractivity contribution in [1.82, 2.24) is 0 Å². The van der Waals surface area contributed by atoms with Crippen molar-refractivity contribution in [1.29, 1.82) is 0 Å².